The van der Waals surface area contributed by atoms with Gasteiger partial charge in [0.25, 0.3) is 0 Å². The summed E-state index contributed by atoms with van der Waals surface area (Å²) in [6.45, 7) is 1.95. The fourth-order valence-corrected chi connectivity index (χ4v) is 6.35. The Kier molecular flexibility index (Phi) is 6.44. The highest BCUT2D eigenvalue weighted by atomic mass is 79.9. The Hall–Kier alpha value is 0.0400. The van der Waals surface area contributed by atoms with Crippen molar-refractivity contribution in [1.29, 1.82) is 0 Å². The van der Waals surface area contributed by atoms with Gasteiger partial charge in [-0.05, 0) is 43.8 Å². The van der Waals surface area contributed by atoms with E-state index in [9.17, 15) is 13.2 Å². The Morgan fingerprint density at radius 1 is 1.53 bits per heavy atom. The van der Waals surface area contributed by atoms with Crippen LogP contribution in [-0.4, -0.2) is 26.0 Å². The van der Waals surface area contributed by atoms with Crippen molar-refractivity contribution in [1.82, 2.24) is 4.72 Å². The highest BCUT2D eigenvalue weighted by Crippen LogP contribution is 2.34. The van der Waals surface area contributed by atoms with Gasteiger partial charge in [0.2, 0.25) is 10.0 Å². The second-order valence-corrected chi connectivity index (χ2v) is 9.40. The first-order chi connectivity index (χ1) is 8.76. The van der Waals surface area contributed by atoms with Crippen LogP contribution in [0.2, 0.25) is 0 Å². The molecule has 0 fully saturated rings. The van der Waals surface area contributed by atoms with E-state index in [1.807, 2.05) is 6.92 Å². The number of sulfonamides is 1. The predicted molar refractivity (Wildman–Crippen MR) is 80.9 cm³/mol. The number of carbonyl (C=O) groups is 1. The maximum Gasteiger partial charge on any atom is 0.303 e. The van der Waals surface area contributed by atoms with Gasteiger partial charge in [-0.2, -0.15) is 0 Å². The van der Waals surface area contributed by atoms with Gasteiger partial charge >= 0.3 is 5.97 Å². The summed E-state index contributed by atoms with van der Waals surface area (Å²) in [5, 5.41) is 8.72. The third-order valence-corrected chi connectivity index (χ3v) is 6.70. The molecule has 0 spiro atoms. The SMILES string of the molecule is CCC(CNS(=O)(=O)c1cc(Br)sc1Br)CC(=O)O. The van der Waals surface area contributed by atoms with Crippen LogP contribution in [0.25, 0.3) is 0 Å². The molecule has 1 aromatic rings. The molecule has 0 aliphatic rings. The summed E-state index contributed by atoms with van der Waals surface area (Å²) in [5.41, 5.74) is 0. The van der Waals surface area contributed by atoms with Gasteiger partial charge in [0.1, 0.15) is 4.90 Å². The van der Waals surface area contributed by atoms with Crippen molar-refractivity contribution in [2.45, 2.75) is 24.7 Å². The molecule has 0 amide bonds. The average Bonchev–Trinajstić information content (AvgIpc) is 2.64. The van der Waals surface area contributed by atoms with Crippen LogP contribution in [0.5, 0.6) is 0 Å². The number of halogens is 2. The summed E-state index contributed by atoms with van der Waals surface area (Å²) < 4.78 is 27.8. The Labute approximate surface area is 132 Å². The van der Waals surface area contributed by atoms with E-state index in [0.717, 1.165) is 0 Å². The Morgan fingerprint density at radius 2 is 2.16 bits per heavy atom. The summed E-state index contributed by atoms with van der Waals surface area (Å²) in [6, 6.07) is 1.51. The van der Waals surface area contributed by atoms with Gasteiger partial charge in [-0.1, -0.05) is 13.3 Å². The summed E-state index contributed by atoms with van der Waals surface area (Å²) in [4.78, 5) is 10.8. The van der Waals surface area contributed by atoms with Gasteiger partial charge in [0.05, 0.1) is 7.57 Å². The Morgan fingerprint density at radius 3 is 2.58 bits per heavy atom. The van der Waals surface area contributed by atoms with Crippen LogP contribution < -0.4 is 4.72 Å². The lowest BCUT2D eigenvalue weighted by Crippen LogP contribution is -2.30. The van der Waals surface area contributed by atoms with Crippen molar-refractivity contribution in [3.05, 3.63) is 13.6 Å². The molecule has 19 heavy (non-hydrogen) atoms. The van der Waals surface area contributed by atoms with Crippen LogP contribution in [0.4, 0.5) is 0 Å². The molecule has 0 aromatic carbocycles. The highest BCUT2D eigenvalue weighted by Gasteiger charge is 2.22. The van der Waals surface area contributed by atoms with Crippen molar-refractivity contribution in [2.24, 2.45) is 5.92 Å². The quantitative estimate of drug-likeness (QED) is 0.690. The van der Waals surface area contributed by atoms with E-state index in [0.29, 0.717) is 14.0 Å². The molecule has 0 radical (unpaired) electrons. The van der Waals surface area contributed by atoms with E-state index >= 15 is 0 Å². The molecule has 1 rings (SSSR count). The number of hydrogen-bond acceptors (Lipinski definition) is 4. The van der Waals surface area contributed by atoms with Crippen LogP contribution in [0, 0.1) is 5.92 Å². The predicted octanol–water partition coefficient (Wildman–Crippen LogP) is 3.05. The fraction of sp³-hybridized carbons (Fsp3) is 0.500. The first kappa shape index (κ1) is 17.1. The van der Waals surface area contributed by atoms with Crippen LogP contribution in [0.15, 0.2) is 18.5 Å². The lowest BCUT2D eigenvalue weighted by Gasteiger charge is -2.13. The minimum Gasteiger partial charge on any atom is -0.481 e. The fourth-order valence-electron chi connectivity index (χ4n) is 1.42. The molecule has 1 aromatic heterocycles. The standard InChI is InChI=1S/C10H13Br2NO4S2/c1-2-6(3-9(14)15)5-13-19(16,17)7-4-8(11)18-10(7)12/h4,6,13H,2-3,5H2,1H3,(H,14,15). The highest BCUT2D eigenvalue weighted by molar-refractivity contribution is 9.12. The maximum absolute atomic E-state index is 12.1. The number of carboxylic acids is 1. The second kappa shape index (κ2) is 7.16. The Bertz CT molecular complexity index is 556. The lowest BCUT2D eigenvalue weighted by atomic mass is 10.0. The topological polar surface area (TPSA) is 83.5 Å². The monoisotopic (exact) mass is 433 g/mol. The molecule has 0 saturated carbocycles. The van der Waals surface area contributed by atoms with Crippen LogP contribution in [-0.2, 0) is 14.8 Å². The van der Waals surface area contributed by atoms with Crippen molar-refractivity contribution < 1.29 is 18.3 Å². The first-order valence-electron chi connectivity index (χ1n) is 5.42. The molecule has 9 heteroatoms. The molecule has 1 atom stereocenters. The summed E-state index contributed by atoms with van der Waals surface area (Å²) in [6.07, 6.45) is 0.552. The third-order valence-electron chi connectivity index (χ3n) is 2.52. The number of rotatable bonds is 7. The number of aliphatic carboxylic acids is 1. The number of hydrogen-bond donors (Lipinski definition) is 2. The number of thiophene rings is 1. The smallest absolute Gasteiger partial charge is 0.303 e. The van der Waals surface area contributed by atoms with Crippen LogP contribution >= 0.6 is 43.2 Å². The van der Waals surface area contributed by atoms with E-state index < -0.39 is 16.0 Å². The van der Waals surface area contributed by atoms with Gasteiger partial charge in [0.15, 0.2) is 0 Å². The zero-order valence-corrected chi connectivity index (χ0v) is 14.8. The summed E-state index contributed by atoms with van der Waals surface area (Å²) in [5.74, 6) is -1.14. The van der Waals surface area contributed by atoms with Crippen molar-refractivity contribution >= 4 is 59.2 Å². The zero-order valence-electron chi connectivity index (χ0n) is 10.0. The van der Waals surface area contributed by atoms with E-state index in [4.69, 9.17) is 5.11 Å². The molecule has 0 aliphatic heterocycles. The number of nitrogens with one attached hydrogen (secondary N) is 1. The summed E-state index contributed by atoms with van der Waals surface area (Å²) in [7, 11) is -3.62. The first-order valence-corrected chi connectivity index (χ1v) is 9.31. The molecular formula is C10H13Br2NO4S2. The second-order valence-electron chi connectivity index (χ2n) is 3.91. The van der Waals surface area contributed by atoms with Gasteiger partial charge in [-0.25, -0.2) is 13.1 Å². The van der Waals surface area contributed by atoms with Gasteiger partial charge in [-0.3, -0.25) is 4.79 Å². The normalized spacial score (nSPS) is 13.4. The van der Waals surface area contributed by atoms with Crippen molar-refractivity contribution in [3.63, 3.8) is 0 Å². The number of carboxylic acid groups (broad SMARTS) is 1. The van der Waals surface area contributed by atoms with Crippen LogP contribution in [0.3, 0.4) is 0 Å². The zero-order chi connectivity index (χ0) is 14.6. The third kappa shape index (κ3) is 5.14. The summed E-state index contributed by atoms with van der Waals surface area (Å²) >= 11 is 7.68. The minimum atomic E-state index is -3.62. The molecule has 108 valence electrons. The molecule has 5 nitrogen and oxygen atoms in total. The molecule has 0 aliphatic carbocycles. The van der Waals surface area contributed by atoms with E-state index in [1.165, 1.54) is 17.4 Å². The average molecular weight is 435 g/mol. The Balaban J connectivity index is 2.75. The molecule has 0 saturated heterocycles. The molecule has 0 bridgehead atoms. The van der Waals surface area contributed by atoms with E-state index in [-0.39, 0.29) is 23.8 Å². The molecule has 2 N–H and O–H groups in total. The molecule has 1 heterocycles. The van der Waals surface area contributed by atoms with E-state index in [2.05, 4.69) is 36.6 Å². The van der Waals surface area contributed by atoms with Crippen molar-refractivity contribution in [3.8, 4) is 0 Å². The van der Waals surface area contributed by atoms with Crippen molar-refractivity contribution in [2.75, 3.05) is 6.54 Å². The van der Waals surface area contributed by atoms with Gasteiger partial charge < -0.3 is 5.11 Å². The molecule has 1 unspecified atom stereocenters. The molecular weight excluding hydrogens is 422 g/mol. The minimum absolute atomic E-state index is 0.0481. The van der Waals surface area contributed by atoms with Gasteiger partial charge in [0, 0.05) is 13.0 Å². The van der Waals surface area contributed by atoms with Gasteiger partial charge in [-0.15, -0.1) is 11.3 Å². The van der Waals surface area contributed by atoms with E-state index in [1.54, 1.807) is 0 Å². The maximum atomic E-state index is 12.1. The lowest BCUT2D eigenvalue weighted by molar-refractivity contribution is -0.138. The van der Waals surface area contributed by atoms with Crippen LogP contribution in [0.1, 0.15) is 19.8 Å². The largest absolute Gasteiger partial charge is 0.481 e.